The number of nitrogens with one attached hydrogen (secondary N) is 3. The van der Waals surface area contributed by atoms with Crippen LogP contribution < -0.4 is 16.0 Å². The van der Waals surface area contributed by atoms with E-state index >= 15 is 0 Å². The third-order valence-electron chi connectivity index (χ3n) is 2.38. The van der Waals surface area contributed by atoms with Crippen LogP contribution in [-0.4, -0.2) is 34.7 Å². The molecule has 1 aromatic rings. The Balaban J connectivity index is 1.91. The van der Waals surface area contributed by atoms with Crippen LogP contribution in [0, 0.1) is 0 Å². The molecule has 96 valence electrons. The SMILES string of the molecule is CN1C(NC(=O)Nc2ccccc2)NC(=S)N1F. The van der Waals surface area contributed by atoms with E-state index in [0.29, 0.717) is 5.69 Å². The maximum atomic E-state index is 13.2. The van der Waals surface area contributed by atoms with Crippen molar-refractivity contribution in [2.45, 2.75) is 6.29 Å². The molecule has 18 heavy (non-hydrogen) atoms. The molecule has 0 radical (unpaired) electrons. The van der Waals surface area contributed by atoms with Crippen molar-refractivity contribution in [3.05, 3.63) is 30.3 Å². The number of amides is 2. The third kappa shape index (κ3) is 2.66. The summed E-state index contributed by atoms with van der Waals surface area (Å²) in [6.07, 6.45) is -0.716. The van der Waals surface area contributed by atoms with E-state index in [4.69, 9.17) is 12.2 Å². The lowest BCUT2D eigenvalue weighted by atomic mass is 10.3. The van der Waals surface area contributed by atoms with Gasteiger partial charge in [-0.3, -0.25) is 0 Å². The van der Waals surface area contributed by atoms with Gasteiger partial charge in [0.1, 0.15) is 0 Å². The van der Waals surface area contributed by atoms with Gasteiger partial charge in [0.2, 0.25) is 5.11 Å². The summed E-state index contributed by atoms with van der Waals surface area (Å²) < 4.78 is 13.2. The van der Waals surface area contributed by atoms with Gasteiger partial charge >= 0.3 is 6.03 Å². The molecule has 0 bridgehead atoms. The molecule has 1 unspecified atom stereocenters. The van der Waals surface area contributed by atoms with E-state index in [2.05, 4.69) is 16.0 Å². The van der Waals surface area contributed by atoms with Gasteiger partial charge in [0.15, 0.2) is 6.29 Å². The maximum absolute atomic E-state index is 13.2. The Hall–Kier alpha value is -1.93. The summed E-state index contributed by atoms with van der Waals surface area (Å²) >= 11 is 4.70. The molecule has 3 N–H and O–H groups in total. The Morgan fingerprint density at radius 1 is 1.44 bits per heavy atom. The Morgan fingerprint density at radius 2 is 2.11 bits per heavy atom. The van der Waals surface area contributed by atoms with Gasteiger partial charge in [-0.2, -0.15) is 5.01 Å². The zero-order valence-corrected chi connectivity index (χ0v) is 10.4. The molecule has 1 aliphatic rings. The summed E-state index contributed by atoms with van der Waals surface area (Å²) in [5, 5.41) is 9.05. The largest absolute Gasteiger partial charge is 0.325 e. The third-order valence-corrected chi connectivity index (χ3v) is 2.65. The van der Waals surface area contributed by atoms with E-state index < -0.39 is 12.3 Å². The topological polar surface area (TPSA) is 59.6 Å². The molecule has 0 saturated carbocycles. The first-order valence-corrected chi connectivity index (χ1v) is 5.60. The van der Waals surface area contributed by atoms with Crippen molar-refractivity contribution in [3.8, 4) is 0 Å². The highest BCUT2D eigenvalue weighted by Crippen LogP contribution is 2.09. The fourth-order valence-electron chi connectivity index (χ4n) is 1.45. The van der Waals surface area contributed by atoms with Gasteiger partial charge < -0.3 is 16.0 Å². The predicted octanol–water partition coefficient (Wildman–Crippen LogP) is 1.01. The average molecular weight is 269 g/mol. The van der Waals surface area contributed by atoms with E-state index in [1.807, 2.05) is 6.07 Å². The van der Waals surface area contributed by atoms with Crippen LogP contribution in [0.3, 0.4) is 0 Å². The minimum atomic E-state index is -0.716. The van der Waals surface area contributed by atoms with Crippen molar-refractivity contribution in [2.75, 3.05) is 12.4 Å². The highest BCUT2D eigenvalue weighted by atomic mass is 32.1. The number of carbonyl (C=O) groups excluding carboxylic acids is 1. The average Bonchev–Trinajstić information content (AvgIpc) is 2.58. The minimum Gasteiger partial charge on any atom is -0.325 e. The number of urea groups is 1. The number of anilines is 1. The number of halogens is 1. The molecule has 2 amide bonds. The van der Waals surface area contributed by atoms with Gasteiger partial charge in [-0.15, -0.1) is 5.23 Å². The highest BCUT2D eigenvalue weighted by Gasteiger charge is 2.33. The van der Waals surface area contributed by atoms with Gasteiger partial charge in [0, 0.05) is 12.7 Å². The van der Waals surface area contributed by atoms with Crippen molar-refractivity contribution in [1.29, 1.82) is 0 Å². The number of hydrogen-bond donors (Lipinski definition) is 3. The van der Waals surface area contributed by atoms with Crippen molar-refractivity contribution < 1.29 is 9.28 Å². The van der Waals surface area contributed by atoms with Crippen molar-refractivity contribution in [3.63, 3.8) is 0 Å². The molecule has 1 saturated heterocycles. The van der Waals surface area contributed by atoms with Crippen molar-refractivity contribution in [1.82, 2.24) is 20.9 Å². The Kier molecular flexibility index (Phi) is 3.58. The molecule has 1 aliphatic heterocycles. The first-order chi connectivity index (χ1) is 8.58. The summed E-state index contributed by atoms with van der Waals surface area (Å²) in [6.45, 7) is 0. The van der Waals surface area contributed by atoms with Crippen molar-refractivity contribution in [2.24, 2.45) is 0 Å². The van der Waals surface area contributed by atoms with Crippen LogP contribution in [0.5, 0.6) is 0 Å². The smallest absolute Gasteiger partial charge is 0.321 e. The molecule has 0 aliphatic carbocycles. The summed E-state index contributed by atoms with van der Waals surface area (Å²) in [5.41, 5.74) is 0.648. The van der Waals surface area contributed by atoms with Crippen molar-refractivity contribution >= 4 is 29.0 Å². The first-order valence-electron chi connectivity index (χ1n) is 5.19. The van der Waals surface area contributed by atoms with E-state index in [9.17, 15) is 9.28 Å². The van der Waals surface area contributed by atoms with Crippen LogP contribution in [0.1, 0.15) is 0 Å². The van der Waals surface area contributed by atoms with Gasteiger partial charge in [0.25, 0.3) is 0 Å². The second-order valence-corrected chi connectivity index (χ2v) is 4.04. The van der Waals surface area contributed by atoms with Gasteiger partial charge in [-0.25, -0.2) is 4.79 Å². The van der Waals surface area contributed by atoms with Gasteiger partial charge in [0.05, 0.1) is 0 Å². The molecule has 8 heteroatoms. The minimum absolute atomic E-state index is 0.0949. The quantitative estimate of drug-likeness (QED) is 0.552. The molecule has 1 heterocycles. The standard InChI is InChI=1S/C10H12FN5OS/c1-15-8(14-10(18)16(15)11)13-9(17)12-7-5-3-2-4-6-7/h2-6,8H,1H3,(H,14,18)(H2,12,13,17). The molecule has 6 nitrogen and oxygen atoms in total. The molecule has 2 rings (SSSR count). The predicted molar refractivity (Wildman–Crippen MR) is 68.8 cm³/mol. The van der Waals surface area contributed by atoms with E-state index in [0.717, 1.165) is 5.01 Å². The fourth-order valence-corrected chi connectivity index (χ4v) is 1.69. The van der Waals surface area contributed by atoms with E-state index in [1.165, 1.54) is 7.05 Å². The fraction of sp³-hybridized carbons (Fsp3) is 0.200. The maximum Gasteiger partial charge on any atom is 0.321 e. The summed E-state index contributed by atoms with van der Waals surface area (Å²) in [5.74, 6) is 0. The van der Waals surface area contributed by atoms with Crippen LogP contribution >= 0.6 is 12.2 Å². The Morgan fingerprint density at radius 3 is 2.67 bits per heavy atom. The zero-order chi connectivity index (χ0) is 13.1. The lowest BCUT2D eigenvalue weighted by molar-refractivity contribution is -0.0885. The Bertz CT molecular complexity index is 457. The summed E-state index contributed by atoms with van der Waals surface area (Å²) in [4.78, 5) is 11.7. The van der Waals surface area contributed by atoms with E-state index in [-0.39, 0.29) is 10.3 Å². The molecule has 0 spiro atoms. The second-order valence-electron chi connectivity index (χ2n) is 3.65. The van der Waals surface area contributed by atoms with Crippen LogP contribution in [-0.2, 0) is 0 Å². The number of carbonyl (C=O) groups is 1. The van der Waals surface area contributed by atoms with Gasteiger partial charge in [-0.1, -0.05) is 22.7 Å². The molecule has 1 fully saturated rings. The van der Waals surface area contributed by atoms with Crippen LogP contribution in [0.25, 0.3) is 0 Å². The molecule has 1 atom stereocenters. The zero-order valence-electron chi connectivity index (χ0n) is 9.55. The molecular weight excluding hydrogens is 257 g/mol. The number of rotatable bonds is 2. The number of para-hydroxylation sites is 1. The molecule has 0 aromatic heterocycles. The number of thiocarbonyl (C=S) groups is 1. The lowest BCUT2D eigenvalue weighted by Crippen LogP contribution is -2.51. The number of hydrazine groups is 1. The van der Waals surface area contributed by atoms with Gasteiger partial charge in [-0.05, 0) is 24.4 Å². The van der Waals surface area contributed by atoms with Crippen LogP contribution in [0.2, 0.25) is 0 Å². The van der Waals surface area contributed by atoms with Crippen LogP contribution in [0.4, 0.5) is 15.0 Å². The monoisotopic (exact) mass is 269 g/mol. The molecule has 1 aromatic carbocycles. The summed E-state index contributed by atoms with van der Waals surface area (Å²) in [7, 11) is 1.46. The number of nitrogens with zero attached hydrogens (tertiary/aromatic N) is 2. The Labute approximate surface area is 109 Å². The van der Waals surface area contributed by atoms with Crippen LogP contribution in [0.15, 0.2) is 30.3 Å². The highest BCUT2D eigenvalue weighted by molar-refractivity contribution is 7.80. The molecular formula is C10H12FN5OS. The number of hydrogen-bond acceptors (Lipinski definition) is 3. The first kappa shape index (κ1) is 12.5. The second kappa shape index (κ2) is 5.15. The lowest BCUT2D eigenvalue weighted by Gasteiger charge is -2.20. The normalized spacial score (nSPS) is 19.6. The van der Waals surface area contributed by atoms with E-state index in [1.54, 1.807) is 24.3 Å². The number of benzene rings is 1. The summed E-state index contributed by atoms with van der Waals surface area (Å²) in [6, 6.07) is 8.48.